The van der Waals surface area contributed by atoms with Gasteiger partial charge in [0.15, 0.2) is 0 Å². The van der Waals surface area contributed by atoms with Gasteiger partial charge in [-0.15, -0.1) is 0 Å². The number of nitrogens with one attached hydrogen (secondary N) is 1. The van der Waals surface area contributed by atoms with E-state index in [0.29, 0.717) is 25.4 Å². The molecule has 2 aliphatic rings. The Bertz CT molecular complexity index is 847. The van der Waals surface area contributed by atoms with Gasteiger partial charge >= 0.3 is 0 Å². The summed E-state index contributed by atoms with van der Waals surface area (Å²) in [5, 5.41) is 3.09. The highest BCUT2D eigenvalue weighted by atomic mass is 16.5. The maximum absolute atomic E-state index is 12.6. The molecule has 160 valence electrons. The molecule has 2 aromatic rings. The number of ether oxygens (including phenoxy) is 3. The first-order valence-electron chi connectivity index (χ1n) is 10.7. The number of carbonyl (C=O) groups excluding carboxylic acids is 1. The van der Waals surface area contributed by atoms with Crippen LogP contribution in [0.3, 0.4) is 0 Å². The standard InChI is InChI=1S/C24H30N2O4/c1-28-12-13-29-22-8-6-19(7-9-22)24(27)25-21-15-20-5-4-18(14-23(20)30-17-21)16-26-10-2-3-11-26/h4-9,14,21H,2-3,10-13,15-17H2,1H3,(H,25,27)/t21-/m1/s1. The third kappa shape index (κ3) is 5.32. The summed E-state index contributed by atoms with van der Waals surface area (Å²) in [6.45, 7) is 4.87. The Labute approximate surface area is 178 Å². The second-order valence-electron chi connectivity index (χ2n) is 7.98. The number of likely N-dealkylation sites (tertiary alicyclic amines) is 1. The number of hydrogen-bond donors (Lipinski definition) is 1. The van der Waals surface area contributed by atoms with Gasteiger partial charge in [-0.2, -0.15) is 0 Å². The number of hydrogen-bond acceptors (Lipinski definition) is 5. The number of amides is 1. The van der Waals surface area contributed by atoms with Crippen LogP contribution in [-0.4, -0.2) is 56.9 Å². The Balaban J connectivity index is 1.30. The van der Waals surface area contributed by atoms with Crippen LogP contribution >= 0.6 is 0 Å². The maximum Gasteiger partial charge on any atom is 0.251 e. The van der Waals surface area contributed by atoms with Crippen LogP contribution in [0.1, 0.15) is 34.3 Å². The fraction of sp³-hybridized carbons (Fsp3) is 0.458. The van der Waals surface area contributed by atoms with Gasteiger partial charge in [0.25, 0.3) is 5.91 Å². The predicted molar refractivity (Wildman–Crippen MR) is 115 cm³/mol. The number of carbonyl (C=O) groups is 1. The second-order valence-corrected chi connectivity index (χ2v) is 7.98. The van der Waals surface area contributed by atoms with E-state index in [9.17, 15) is 4.79 Å². The second kappa shape index (κ2) is 9.96. The van der Waals surface area contributed by atoms with Gasteiger partial charge in [-0.1, -0.05) is 12.1 Å². The molecular weight excluding hydrogens is 380 g/mol. The van der Waals surface area contributed by atoms with Gasteiger partial charge in [-0.25, -0.2) is 0 Å². The molecule has 0 aromatic heterocycles. The summed E-state index contributed by atoms with van der Waals surface area (Å²) in [5.41, 5.74) is 3.06. The minimum absolute atomic E-state index is 0.0351. The molecule has 2 heterocycles. The molecule has 30 heavy (non-hydrogen) atoms. The summed E-state index contributed by atoms with van der Waals surface area (Å²) in [6.07, 6.45) is 3.38. The molecular formula is C24H30N2O4. The van der Waals surface area contributed by atoms with E-state index in [1.165, 1.54) is 31.5 Å². The van der Waals surface area contributed by atoms with Crippen LogP contribution < -0.4 is 14.8 Å². The van der Waals surface area contributed by atoms with Crippen LogP contribution in [-0.2, 0) is 17.7 Å². The van der Waals surface area contributed by atoms with Gasteiger partial charge in [0.05, 0.1) is 12.6 Å². The number of benzene rings is 2. The maximum atomic E-state index is 12.6. The summed E-state index contributed by atoms with van der Waals surface area (Å²) >= 11 is 0. The van der Waals surface area contributed by atoms with Gasteiger partial charge in [-0.3, -0.25) is 9.69 Å². The summed E-state index contributed by atoms with van der Waals surface area (Å²) in [6, 6.07) is 13.6. The largest absolute Gasteiger partial charge is 0.491 e. The van der Waals surface area contributed by atoms with Crippen LogP contribution in [0.25, 0.3) is 0 Å². The van der Waals surface area contributed by atoms with Crippen molar-refractivity contribution in [3.8, 4) is 11.5 Å². The van der Waals surface area contributed by atoms with Crippen LogP contribution in [0.15, 0.2) is 42.5 Å². The molecule has 0 unspecified atom stereocenters. The average molecular weight is 411 g/mol. The smallest absolute Gasteiger partial charge is 0.251 e. The van der Waals surface area contributed by atoms with Crippen molar-refractivity contribution in [1.82, 2.24) is 10.2 Å². The van der Waals surface area contributed by atoms with Crippen molar-refractivity contribution in [3.05, 3.63) is 59.2 Å². The fourth-order valence-electron chi connectivity index (χ4n) is 4.02. The van der Waals surface area contributed by atoms with Crippen molar-refractivity contribution in [2.45, 2.75) is 31.8 Å². The first-order chi connectivity index (χ1) is 14.7. The molecule has 2 aliphatic heterocycles. The third-order valence-corrected chi connectivity index (χ3v) is 5.65. The Morgan fingerprint density at radius 2 is 1.93 bits per heavy atom. The number of fused-ring (bicyclic) bond motifs is 1. The fourth-order valence-corrected chi connectivity index (χ4v) is 4.02. The van der Waals surface area contributed by atoms with E-state index in [0.717, 1.165) is 30.0 Å². The molecule has 0 saturated carbocycles. The van der Waals surface area contributed by atoms with Crippen molar-refractivity contribution >= 4 is 5.91 Å². The van der Waals surface area contributed by atoms with E-state index in [2.05, 4.69) is 28.4 Å². The molecule has 1 saturated heterocycles. The summed E-state index contributed by atoms with van der Waals surface area (Å²) in [7, 11) is 1.64. The number of methoxy groups -OCH3 is 1. The van der Waals surface area contributed by atoms with E-state index in [1.807, 2.05) is 0 Å². The lowest BCUT2D eigenvalue weighted by molar-refractivity contribution is 0.0915. The van der Waals surface area contributed by atoms with Crippen LogP contribution in [0.4, 0.5) is 0 Å². The molecule has 1 N–H and O–H groups in total. The molecule has 1 atom stereocenters. The topological polar surface area (TPSA) is 60.0 Å². The van der Waals surface area contributed by atoms with Crippen molar-refractivity contribution in [3.63, 3.8) is 0 Å². The zero-order chi connectivity index (χ0) is 20.8. The van der Waals surface area contributed by atoms with Gasteiger partial charge in [-0.05, 0) is 73.8 Å². The Morgan fingerprint density at radius 3 is 2.70 bits per heavy atom. The van der Waals surface area contributed by atoms with Gasteiger partial charge in [0.1, 0.15) is 24.7 Å². The number of nitrogens with zero attached hydrogens (tertiary/aromatic N) is 1. The quantitative estimate of drug-likeness (QED) is 0.678. The van der Waals surface area contributed by atoms with Crippen molar-refractivity contribution in [2.24, 2.45) is 0 Å². The minimum Gasteiger partial charge on any atom is -0.491 e. The van der Waals surface area contributed by atoms with Crippen LogP contribution in [0.5, 0.6) is 11.5 Å². The highest BCUT2D eigenvalue weighted by molar-refractivity contribution is 5.94. The first-order valence-corrected chi connectivity index (χ1v) is 10.7. The van der Waals surface area contributed by atoms with Crippen molar-refractivity contribution in [1.29, 1.82) is 0 Å². The van der Waals surface area contributed by atoms with Crippen molar-refractivity contribution < 1.29 is 19.0 Å². The Hall–Kier alpha value is -2.57. The molecule has 1 amide bonds. The molecule has 6 heteroatoms. The monoisotopic (exact) mass is 410 g/mol. The normalized spacial score (nSPS) is 18.5. The average Bonchev–Trinajstić information content (AvgIpc) is 3.27. The summed E-state index contributed by atoms with van der Waals surface area (Å²) in [5.74, 6) is 1.58. The van der Waals surface area contributed by atoms with Gasteiger partial charge in [0, 0.05) is 19.2 Å². The molecule has 0 aliphatic carbocycles. The molecule has 0 radical (unpaired) electrons. The highest BCUT2D eigenvalue weighted by Gasteiger charge is 2.23. The lowest BCUT2D eigenvalue weighted by Crippen LogP contribution is -2.42. The summed E-state index contributed by atoms with van der Waals surface area (Å²) in [4.78, 5) is 15.1. The first kappa shape index (κ1) is 20.7. The molecule has 6 nitrogen and oxygen atoms in total. The molecule has 0 bridgehead atoms. The molecule has 0 spiro atoms. The zero-order valence-corrected chi connectivity index (χ0v) is 17.6. The van der Waals surface area contributed by atoms with Gasteiger partial charge in [0.2, 0.25) is 0 Å². The van der Waals surface area contributed by atoms with Gasteiger partial charge < -0.3 is 19.5 Å². The molecule has 4 rings (SSSR count). The number of rotatable bonds is 8. The summed E-state index contributed by atoms with van der Waals surface area (Å²) < 4.78 is 16.5. The Morgan fingerprint density at radius 1 is 1.13 bits per heavy atom. The van der Waals surface area contributed by atoms with E-state index >= 15 is 0 Å². The lowest BCUT2D eigenvalue weighted by Gasteiger charge is -2.27. The van der Waals surface area contributed by atoms with Crippen LogP contribution in [0, 0.1) is 0 Å². The minimum atomic E-state index is -0.0962. The Kier molecular flexibility index (Phi) is 6.87. The van der Waals surface area contributed by atoms with Crippen LogP contribution in [0.2, 0.25) is 0 Å². The third-order valence-electron chi connectivity index (χ3n) is 5.65. The highest BCUT2D eigenvalue weighted by Crippen LogP contribution is 2.27. The van der Waals surface area contributed by atoms with E-state index in [4.69, 9.17) is 14.2 Å². The molecule has 1 fully saturated rings. The SMILES string of the molecule is COCCOc1ccc(C(=O)N[C@H]2COc3cc(CN4CCCC4)ccc3C2)cc1. The van der Waals surface area contributed by atoms with E-state index < -0.39 is 0 Å². The molecule has 2 aromatic carbocycles. The van der Waals surface area contributed by atoms with Crippen molar-refractivity contribution in [2.75, 3.05) is 40.0 Å². The van der Waals surface area contributed by atoms with E-state index in [-0.39, 0.29) is 11.9 Å². The predicted octanol–water partition coefficient (Wildman–Crippen LogP) is 3.04. The lowest BCUT2D eigenvalue weighted by atomic mass is 10.00. The van der Waals surface area contributed by atoms with E-state index in [1.54, 1.807) is 31.4 Å². The zero-order valence-electron chi connectivity index (χ0n) is 17.6.